The fourth-order valence-electron chi connectivity index (χ4n) is 1.56. The highest BCUT2D eigenvalue weighted by molar-refractivity contribution is 5.83. The molecule has 88 valence electrons. The Labute approximate surface area is 96.5 Å². The van der Waals surface area contributed by atoms with Crippen LogP contribution in [0, 0.1) is 19.7 Å². The van der Waals surface area contributed by atoms with Crippen molar-refractivity contribution >= 4 is 5.97 Å². The second-order valence-electron chi connectivity index (χ2n) is 3.69. The zero-order valence-electron chi connectivity index (χ0n) is 9.31. The molecular formula is C11H10FN3O2. The molecule has 0 amide bonds. The molecule has 0 spiro atoms. The number of benzene rings is 1. The highest BCUT2D eigenvalue weighted by atomic mass is 19.1. The van der Waals surface area contributed by atoms with Gasteiger partial charge in [0.25, 0.3) is 5.82 Å². The SMILES string of the molecule is Cc1cc(F)cc(-n2nc(C(=O)O)nc2C)c1. The maximum absolute atomic E-state index is 13.2. The summed E-state index contributed by atoms with van der Waals surface area (Å²) in [6.45, 7) is 3.36. The standard InChI is InChI=1S/C11H10FN3O2/c1-6-3-8(12)5-9(4-6)15-7(2)13-10(14-15)11(16)17/h3-5H,1-2H3,(H,16,17). The van der Waals surface area contributed by atoms with Crippen molar-refractivity contribution < 1.29 is 14.3 Å². The molecule has 0 aliphatic carbocycles. The smallest absolute Gasteiger partial charge is 0.375 e. The normalized spacial score (nSPS) is 10.5. The van der Waals surface area contributed by atoms with Gasteiger partial charge < -0.3 is 5.11 Å². The van der Waals surface area contributed by atoms with Crippen LogP contribution in [-0.2, 0) is 0 Å². The molecule has 5 nitrogen and oxygen atoms in total. The molecule has 1 aromatic heterocycles. The average Bonchev–Trinajstić information content (AvgIpc) is 2.59. The van der Waals surface area contributed by atoms with Gasteiger partial charge in [-0.05, 0) is 37.6 Å². The van der Waals surface area contributed by atoms with Crippen molar-refractivity contribution in [1.82, 2.24) is 14.8 Å². The summed E-state index contributed by atoms with van der Waals surface area (Å²) >= 11 is 0. The number of carboxylic acid groups (broad SMARTS) is 1. The van der Waals surface area contributed by atoms with Crippen molar-refractivity contribution in [1.29, 1.82) is 0 Å². The third-order valence-corrected chi connectivity index (χ3v) is 2.23. The molecule has 2 aromatic rings. The molecular weight excluding hydrogens is 225 g/mol. The van der Waals surface area contributed by atoms with Gasteiger partial charge >= 0.3 is 5.97 Å². The quantitative estimate of drug-likeness (QED) is 0.860. The van der Waals surface area contributed by atoms with Crippen LogP contribution >= 0.6 is 0 Å². The van der Waals surface area contributed by atoms with E-state index in [0.717, 1.165) is 5.56 Å². The van der Waals surface area contributed by atoms with E-state index in [1.54, 1.807) is 19.9 Å². The number of hydrogen-bond donors (Lipinski definition) is 1. The zero-order valence-corrected chi connectivity index (χ0v) is 9.31. The van der Waals surface area contributed by atoms with Gasteiger partial charge in [0.1, 0.15) is 11.6 Å². The van der Waals surface area contributed by atoms with Crippen LogP contribution in [0.1, 0.15) is 22.0 Å². The van der Waals surface area contributed by atoms with Crippen LogP contribution in [0.25, 0.3) is 5.69 Å². The number of hydrogen-bond acceptors (Lipinski definition) is 3. The van der Waals surface area contributed by atoms with Gasteiger partial charge in [-0.3, -0.25) is 0 Å². The Balaban J connectivity index is 2.56. The first kappa shape index (κ1) is 11.3. The van der Waals surface area contributed by atoms with E-state index in [9.17, 15) is 9.18 Å². The van der Waals surface area contributed by atoms with Gasteiger partial charge in [0.15, 0.2) is 0 Å². The summed E-state index contributed by atoms with van der Waals surface area (Å²) in [6.07, 6.45) is 0. The summed E-state index contributed by atoms with van der Waals surface area (Å²) in [7, 11) is 0. The van der Waals surface area contributed by atoms with Crippen molar-refractivity contribution in [2.45, 2.75) is 13.8 Å². The van der Waals surface area contributed by atoms with Crippen molar-refractivity contribution in [2.75, 3.05) is 0 Å². The summed E-state index contributed by atoms with van der Waals surface area (Å²) in [6, 6.07) is 4.37. The lowest BCUT2D eigenvalue weighted by molar-refractivity contribution is 0.0683. The Morgan fingerprint density at radius 2 is 2.06 bits per heavy atom. The highest BCUT2D eigenvalue weighted by Gasteiger charge is 2.14. The van der Waals surface area contributed by atoms with Crippen LogP contribution in [-0.4, -0.2) is 25.8 Å². The van der Waals surface area contributed by atoms with Gasteiger partial charge in [-0.15, -0.1) is 5.10 Å². The van der Waals surface area contributed by atoms with E-state index >= 15 is 0 Å². The molecule has 1 N–H and O–H groups in total. The molecule has 0 unspecified atom stereocenters. The van der Waals surface area contributed by atoms with Crippen LogP contribution in [0.2, 0.25) is 0 Å². The number of aryl methyl sites for hydroxylation is 2. The molecule has 0 saturated carbocycles. The fraction of sp³-hybridized carbons (Fsp3) is 0.182. The number of carboxylic acids is 1. The fourth-order valence-corrected chi connectivity index (χ4v) is 1.56. The van der Waals surface area contributed by atoms with Gasteiger partial charge in [0.2, 0.25) is 0 Å². The Hall–Kier alpha value is -2.24. The molecule has 0 aliphatic heterocycles. The first-order chi connectivity index (χ1) is 7.97. The third-order valence-electron chi connectivity index (χ3n) is 2.23. The van der Waals surface area contributed by atoms with Crippen molar-refractivity contribution in [3.63, 3.8) is 0 Å². The molecule has 0 fully saturated rings. The summed E-state index contributed by atoms with van der Waals surface area (Å²) in [4.78, 5) is 14.5. The van der Waals surface area contributed by atoms with Gasteiger partial charge in [0, 0.05) is 0 Å². The molecule has 0 aliphatic rings. The van der Waals surface area contributed by atoms with Crippen LogP contribution < -0.4 is 0 Å². The molecule has 17 heavy (non-hydrogen) atoms. The Bertz CT molecular complexity index is 572. The van der Waals surface area contributed by atoms with Gasteiger partial charge in [0.05, 0.1) is 5.69 Å². The summed E-state index contributed by atoms with van der Waals surface area (Å²) in [5.41, 5.74) is 1.19. The van der Waals surface area contributed by atoms with Gasteiger partial charge in [-0.25, -0.2) is 18.9 Å². The van der Waals surface area contributed by atoms with Crippen molar-refractivity contribution in [3.8, 4) is 5.69 Å². The van der Waals surface area contributed by atoms with Crippen LogP contribution in [0.4, 0.5) is 4.39 Å². The number of carbonyl (C=O) groups is 1. The first-order valence-electron chi connectivity index (χ1n) is 4.92. The van der Waals surface area contributed by atoms with Crippen LogP contribution in [0.5, 0.6) is 0 Å². The van der Waals surface area contributed by atoms with E-state index in [0.29, 0.717) is 11.5 Å². The van der Waals surface area contributed by atoms with E-state index in [1.165, 1.54) is 16.8 Å². The Morgan fingerprint density at radius 1 is 1.35 bits per heavy atom. The topological polar surface area (TPSA) is 68.0 Å². The van der Waals surface area contributed by atoms with E-state index in [2.05, 4.69) is 10.1 Å². The molecule has 2 rings (SSSR count). The largest absolute Gasteiger partial charge is 0.475 e. The van der Waals surface area contributed by atoms with E-state index in [4.69, 9.17) is 5.11 Å². The number of aromatic nitrogens is 3. The lowest BCUT2D eigenvalue weighted by atomic mass is 10.2. The third kappa shape index (κ3) is 2.15. The van der Waals surface area contributed by atoms with Crippen molar-refractivity contribution in [3.05, 3.63) is 41.2 Å². The van der Waals surface area contributed by atoms with Gasteiger partial charge in [-0.1, -0.05) is 0 Å². The summed E-state index contributed by atoms with van der Waals surface area (Å²) < 4.78 is 14.5. The maximum atomic E-state index is 13.2. The minimum atomic E-state index is -1.21. The second-order valence-corrected chi connectivity index (χ2v) is 3.69. The molecule has 0 radical (unpaired) electrons. The Kier molecular flexibility index (Phi) is 2.63. The van der Waals surface area contributed by atoms with Crippen LogP contribution in [0.3, 0.4) is 0 Å². The summed E-state index contributed by atoms with van der Waals surface area (Å²) in [5.74, 6) is -1.51. The maximum Gasteiger partial charge on any atom is 0.375 e. The number of aromatic carboxylic acids is 1. The molecule has 1 aromatic carbocycles. The predicted octanol–water partition coefficient (Wildman–Crippen LogP) is 1.72. The number of rotatable bonds is 2. The van der Waals surface area contributed by atoms with Gasteiger partial charge in [-0.2, -0.15) is 0 Å². The lowest BCUT2D eigenvalue weighted by Gasteiger charge is -2.04. The second kappa shape index (κ2) is 3.97. The molecule has 0 bridgehead atoms. The van der Waals surface area contributed by atoms with Crippen molar-refractivity contribution in [2.24, 2.45) is 0 Å². The minimum Gasteiger partial charge on any atom is -0.475 e. The van der Waals surface area contributed by atoms with E-state index in [1.807, 2.05) is 0 Å². The molecule has 0 saturated heterocycles. The lowest BCUT2D eigenvalue weighted by Crippen LogP contribution is -2.03. The van der Waals surface area contributed by atoms with Crippen LogP contribution in [0.15, 0.2) is 18.2 Å². The van der Waals surface area contributed by atoms with E-state index < -0.39 is 11.8 Å². The first-order valence-corrected chi connectivity index (χ1v) is 4.92. The Morgan fingerprint density at radius 3 is 2.59 bits per heavy atom. The highest BCUT2D eigenvalue weighted by Crippen LogP contribution is 2.14. The number of nitrogens with zero attached hydrogens (tertiary/aromatic N) is 3. The molecule has 0 atom stereocenters. The number of halogens is 1. The zero-order chi connectivity index (χ0) is 12.6. The molecule has 1 heterocycles. The van der Waals surface area contributed by atoms with E-state index in [-0.39, 0.29) is 5.82 Å². The monoisotopic (exact) mass is 235 g/mol. The molecule has 6 heteroatoms. The predicted molar refractivity (Wildman–Crippen MR) is 57.8 cm³/mol. The minimum absolute atomic E-state index is 0.301. The average molecular weight is 235 g/mol. The summed E-state index contributed by atoms with van der Waals surface area (Å²) in [5, 5.41) is 12.6.